The Labute approximate surface area is 206 Å². The molecule has 35 heavy (non-hydrogen) atoms. The van der Waals surface area contributed by atoms with Gasteiger partial charge in [0, 0.05) is 30.8 Å². The van der Waals surface area contributed by atoms with Crippen LogP contribution in [-0.2, 0) is 10.2 Å². The van der Waals surface area contributed by atoms with Gasteiger partial charge in [-0.05, 0) is 61.6 Å². The fourth-order valence-corrected chi connectivity index (χ4v) is 5.45. The van der Waals surface area contributed by atoms with Crippen LogP contribution in [0.2, 0.25) is 0 Å². The maximum atomic E-state index is 13.1. The topological polar surface area (TPSA) is 90.9 Å². The second kappa shape index (κ2) is 10.6. The highest BCUT2D eigenvalue weighted by Gasteiger charge is 2.61. The summed E-state index contributed by atoms with van der Waals surface area (Å²) >= 11 is 0. The van der Waals surface area contributed by atoms with Crippen molar-refractivity contribution in [2.45, 2.75) is 62.6 Å². The quantitative estimate of drug-likeness (QED) is 0.369. The number of nitrogens with one attached hydrogen (secondary N) is 1. The molecule has 2 saturated carbocycles. The lowest BCUT2D eigenvalue weighted by Crippen LogP contribution is -2.39. The Morgan fingerprint density at radius 2 is 1.94 bits per heavy atom. The molecule has 1 aromatic rings. The number of alkyl halides is 2. The van der Waals surface area contributed by atoms with E-state index in [0.717, 1.165) is 31.4 Å². The van der Waals surface area contributed by atoms with Crippen molar-refractivity contribution in [2.24, 2.45) is 16.6 Å². The van der Waals surface area contributed by atoms with Crippen molar-refractivity contribution in [2.75, 3.05) is 26.4 Å². The monoisotopic (exact) mass is 486 g/mol. The molecular formula is C27H36F2N4O2. The second-order valence-electron chi connectivity index (χ2n) is 10.3. The third-order valence-electron chi connectivity index (χ3n) is 7.99. The molecule has 1 saturated heterocycles. The number of hydrogen-bond donors (Lipinski definition) is 3. The maximum Gasteiger partial charge on any atom is 0.250 e. The number of halogens is 2. The standard InChI is InChI=1S/C27H36F2N4O2/c1-17(14-31-25(30)18(2)26(35)32-22-7-9-24(34)10-8-22)19-3-5-20(6-4-19)27-11-21(27)15-33(16-27)23(12-28)13-29/h3-6,14,21-24,34H,1,7-13,15-16,30H2,2H3,(H,32,35)/b25-18+,31-14-/t21-,22-,24-,27+/m0/s1. The van der Waals surface area contributed by atoms with Gasteiger partial charge in [-0.25, -0.2) is 13.8 Å². The summed E-state index contributed by atoms with van der Waals surface area (Å²) in [6.07, 6.45) is 5.22. The Balaban J connectivity index is 1.34. The molecule has 0 radical (unpaired) electrons. The average Bonchev–Trinajstić information content (AvgIpc) is 3.44. The number of aliphatic hydroxyl groups is 1. The molecule has 0 aromatic heterocycles. The van der Waals surface area contributed by atoms with Crippen LogP contribution in [0, 0.1) is 5.92 Å². The van der Waals surface area contributed by atoms with Gasteiger partial charge in [-0.2, -0.15) is 0 Å². The summed E-state index contributed by atoms with van der Waals surface area (Å²) < 4.78 is 26.2. The number of aliphatic hydroxyl groups excluding tert-OH is 1. The number of hydrogen-bond acceptors (Lipinski definition) is 5. The zero-order chi connectivity index (χ0) is 25.2. The Hall–Kier alpha value is -2.58. The number of carbonyl (C=O) groups is 1. The fourth-order valence-electron chi connectivity index (χ4n) is 5.45. The van der Waals surface area contributed by atoms with Crippen molar-refractivity contribution >= 4 is 17.7 Å². The van der Waals surface area contributed by atoms with E-state index in [2.05, 4.69) is 29.0 Å². The van der Waals surface area contributed by atoms with Crippen LogP contribution in [0.25, 0.3) is 5.57 Å². The first-order valence-corrected chi connectivity index (χ1v) is 12.4. The number of allylic oxidation sites excluding steroid dienone is 1. The van der Waals surface area contributed by atoms with E-state index in [-0.39, 0.29) is 29.3 Å². The average molecular weight is 487 g/mol. The normalized spacial score (nSPS) is 29.2. The highest BCUT2D eigenvalue weighted by molar-refractivity contribution is 6.09. The minimum absolute atomic E-state index is 0.00457. The summed E-state index contributed by atoms with van der Waals surface area (Å²) in [6, 6.07) is 7.51. The van der Waals surface area contributed by atoms with E-state index in [1.54, 1.807) is 13.1 Å². The Kier molecular flexibility index (Phi) is 7.71. The summed E-state index contributed by atoms with van der Waals surface area (Å²) in [7, 11) is 0. The third kappa shape index (κ3) is 5.48. The molecule has 0 spiro atoms. The number of amides is 1. The number of piperidine rings is 1. The Morgan fingerprint density at radius 1 is 1.29 bits per heavy atom. The molecule has 3 aliphatic rings. The van der Waals surface area contributed by atoms with Crippen LogP contribution in [0.15, 0.2) is 47.2 Å². The lowest BCUT2D eigenvalue weighted by molar-refractivity contribution is -0.118. The van der Waals surface area contributed by atoms with Gasteiger partial charge >= 0.3 is 0 Å². The molecule has 2 aliphatic carbocycles. The summed E-state index contributed by atoms with van der Waals surface area (Å²) in [5, 5.41) is 12.6. The summed E-state index contributed by atoms with van der Waals surface area (Å²) in [4.78, 5) is 18.7. The highest BCUT2D eigenvalue weighted by atomic mass is 19.1. The van der Waals surface area contributed by atoms with Crippen LogP contribution >= 0.6 is 0 Å². The molecule has 4 rings (SSSR count). The molecule has 1 amide bonds. The van der Waals surface area contributed by atoms with Gasteiger partial charge in [0.05, 0.1) is 17.7 Å². The number of nitrogens with two attached hydrogens (primary N) is 1. The molecule has 1 heterocycles. The van der Waals surface area contributed by atoms with Crippen molar-refractivity contribution < 1.29 is 18.7 Å². The zero-order valence-corrected chi connectivity index (χ0v) is 20.4. The predicted octanol–water partition coefficient (Wildman–Crippen LogP) is 3.26. The summed E-state index contributed by atoms with van der Waals surface area (Å²) in [5.41, 5.74) is 9.15. The summed E-state index contributed by atoms with van der Waals surface area (Å²) in [6.45, 7) is 5.86. The van der Waals surface area contributed by atoms with Crippen LogP contribution in [0.4, 0.5) is 8.78 Å². The van der Waals surface area contributed by atoms with Crippen LogP contribution in [0.1, 0.15) is 50.2 Å². The van der Waals surface area contributed by atoms with Crippen molar-refractivity contribution in [3.63, 3.8) is 0 Å². The lowest BCUT2D eigenvalue weighted by atomic mass is 9.93. The Bertz CT molecular complexity index is 997. The van der Waals surface area contributed by atoms with E-state index < -0.39 is 19.4 Å². The lowest BCUT2D eigenvalue weighted by Gasteiger charge is -2.26. The SMILES string of the molecule is C=C(/C=N\C(N)=C(/C)C(=O)N[C@H]1CC[C@H](O)CC1)c1ccc([C@]23C[C@H]2CN(C(CF)CF)C3)cc1. The van der Waals surface area contributed by atoms with Crippen molar-refractivity contribution in [1.82, 2.24) is 10.2 Å². The molecule has 3 fully saturated rings. The Morgan fingerprint density at radius 3 is 2.57 bits per heavy atom. The molecule has 190 valence electrons. The van der Waals surface area contributed by atoms with Crippen LogP contribution < -0.4 is 11.1 Å². The number of benzene rings is 1. The molecule has 8 heteroatoms. The second-order valence-corrected chi connectivity index (χ2v) is 10.3. The van der Waals surface area contributed by atoms with Crippen molar-refractivity contribution in [1.29, 1.82) is 0 Å². The van der Waals surface area contributed by atoms with E-state index in [4.69, 9.17) is 5.73 Å². The minimum Gasteiger partial charge on any atom is -0.393 e. The van der Waals surface area contributed by atoms with Crippen LogP contribution in [0.5, 0.6) is 0 Å². The van der Waals surface area contributed by atoms with Gasteiger partial charge in [-0.1, -0.05) is 30.8 Å². The van der Waals surface area contributed by atoms with Crippen LogP contribution in [0.3, 0.4) is 0 Å². The number of fused-ring (bicyclic) bond motifs is 1. The van der Waals surface area contributed by atoms with Crippen molar-refractivity contribution in [3.05, 3.63) is 53.4 Å². The number of likely N-dealkylation sites (tertiary alicyclic amines) is 1. The van der Waals surface area contributed by atoms with E-state index in [1.165, 1.54) is 5.56 Å². The van der Waals surface area contributed by atoms with E-state index in [0.29, 0.717) is 36.5 Å². The van der Waals surface area contributed by atoms with Gasteiger partial charge < -0.3 is 16.2 Å². The minimum atomic E-state index is -0.652. The van der Waals surface area contributed by atoms with Gasteiger partial charge in [0.15, 0.2) is 0 Å². The summed E-state index contributed by atoms with van der Waals surface area (Å²) in [5.74, 6) is 0.344. The molecule has 4 N–H and O–H groups in total. The van der Waals surface area contributed by atoms with Gasteiger partial charge in [0.25, 0.3) is 5.91 Å². The molecule has 2 atom stereocenters. The third-order valence-corrected chi connectivity index (χ3v) is 7.99. The molecule has 6 nitrogen and oxygen atoms in total. The number of rotatable bonds is 9. The number of nitrogens with zero attached hydrogens (tertiary/aromatic N) is 2. The largest absolute Gasteiger partial charge is 0.393 e. The smallest absolute Gasteiger partial charge is 0.250 e. The number of carbonyl (C=O) groups excluding carboxylic acids is 1. The van der Waals surface area contributed by atoms with Crippen LogP contribution in [-0.4, -0.2) is 66.8 Å². The highest BCUT2D eigenvalue weighted by Crippen LogP contribution is 2.59. The maximum absolute atomic E-state index is 13.1. The molecular weight excluding hydrogens is 450 g/mol. The van der Waals surface area contributed by atoms with Gasteiger partial charge in [-0.15, -0.1) is 0 Å². The van der Waals surface area contributed by atoms with Gasteiger partial charge in [-0.3, -0.25) is 9.69 Å². The van der Waals surface area contributed by atoms with Gasteiger partial charge in [0.1, 0.15) is 19.2 Å². The van der Waals surface area contributed by atoms with E-state index in [9.17, 15) is 18.7 Å². The van der Waals surface area contributed by atoms with E-state index in [1.807, 2.05) is 17.0 Å². The number of aliphatic imine (C=N–C) groups is 1. The van der Waals surface area contributed by atoms with Crippen molar-refractivity contribution in [3.8, 4) is 0 Å². The fraction of sp³-hybridized carbons (Fsp3) is 0.556. The van der Waals surface area contributed by atoms with Gasteiger partial charge in [0.2, 0.25) is 0 Å². The first-order chi connectivity index (χ1) is 16.8. The van der Waals surface area contributed by atoms with E-state index >= 15 is 0 Å². The predicted molar refractivity (Wildman–Crippen MR) is 134 cm³/mol. The molecule has 0 unspecified atom stereocenters. The molecule has 1 aliphatic heterocycles. The molecule has 1 aromatic carbocycles. The zero-order valence-electron chi connectivity index (χ0n) is 20.4. The molecule has 0 bridgehead atoms. The first-order valence-electron chi connectivity index (χ1n) is 12.4. The first kappa shape index (κ1) is 25.5.